The molecule has 0 atom stereocenters. The van der Waals surface area contributed by atoms with Crippen molar-refractivity contribution in [2.75, 3.05) is 20.3 Å². The van der Waals surface area contributed by atoms with Gasteiger partial charge in [0, 0.05) is 6.07 Å². The molecule has 0 saturated heterocycles. The van der Waals surface area contributed by atoms with Crippen LogP contribution in [0, 0.1) is 5.95 Å². The first-order valence-corrected chi connectivity index (χ1v) is 4.27. The molecule has 0 aliphatic carbocycles. The Morgan fingerprint density at radius 1 is 1.53 bits per heavy atom. The summed E-state index contributed by atoms with van der Waals surface area (Å²) < 4.78 is 27.9. The molecule has 0 amide bonds. The third kappa shape index (κ3) is 1.70. The Kier molecular flexibility index (Phi) is 2.40. The second-order valence-corrected chi connectivity index (χ2v) is 2.82. The molecular weight excluding hydrogens is 205 g/mol. The van der Waals surface area contributed by atoms with Crippen LogP contribution in [0.2, 0.25) is 0 Å². The lowest BCUT2D eigenvalue weighted by atomic mass is 10.2. The number of carbonyl (C=O) groups is 1. The number of hydrogen-bond donors (Lipinski definition) is 0. The van der Waals surface area contributed by atoms with Gasteiger partial charge in [0.05, 0.1) is 7.11 Å². The topological polar surface area (TPSA) is 57.7 Å². The number of fused-ring (bicyclic) bond motifs is 1. The molecule has 1 aromatic rings. The number of methoxy groups -OCH3 is 1. The van der Waals surface area contributed by atoms with Crippen molar-refractivity contribution in [2.24, 2.45) is 0 Å². The van der Waals surface area contributed by atoms with Gasteiger partial charge in [0.15, 0.2) is 5.75 Å². The van der Waals surface area contributed by atoms with Crippen LogP contribution in [0.15, 0.2) is 6.07 Å². The van der Waals surface area contributed by atoms with Crippen LogP contribution in [0.25, 0.3) is 0 Å². The van der Waals surface area contributed by atoms with Gasteiger partial charge in [0.25, 0.3) is 5.88 Å². The molecule has 0 bridgehead atoms. The molecule has 2 heterocycles. The smallest absolute Gasteiger partial charge is 0.342 e. The molecule has 6 heteroatoms. The second-order valence-electron chi connectivity index (χ2n) is 2.82. The maximum absolute atomic E-state index is 13.3. The quantitative estimate of drug-likeness (QED) is 0.509. The molecule has 0 fully saturated rings. The molecule has 15 heavy (non-hydrogen) atoms. The highest BCUT2D eigenvalue weighted by Crippen LogP contribution is 2.29. The maximum atomic E-state index is 13.3. The van der Waals surface area contributed by atoms with Gasteiger partial charge in [-0.3, -0.25) is 0 Å². The van der Waals surface area contributed by atoms with Gasteiger partial charge in [-0.25, -0.2) is 4.79 Å². The highest BCUT2D eigenvalue weighted by molar-refractivity contribution is 5.89. The molecule has 80 valence electrons. The lowest BCUT2D eigenvalue weighted by Gasteiger charge is -2.17. The summed E-state index contributed by atoms with van der Waals surface area (Å²) in [6.45, 7) is 0.665. The van der Waals surface area contributed by atoms with Crippen LogP contribution in [-0.2, 0) is 4.74 Å². The van der Waals surface area contributed by atoms with Crippen LogP contribution in [0.5, 0.6) is 11.6 Å². The van der Waals surface area contributed by atoms with Crippen LogP contribution in [0.3, 0.4) is 0 Å². The number of nitrogens with zero attached hydrogens (tertiary/aromatic N) is 1. The fourth-order valence-electron chi connectivity index (χ4n) is 1.21. The first-order chi connectivity index (χ1) is 7.22. The number of esters is 1. The molecule has 0 unspecified atom stereocenters. The first kappa shape index (κ1) is 9.70. The predicted octanol–water partition coefficient (Wildman–Crippen LogP) is 0.778. The number of carbonyl (C=O) groups excluding carboxylic acids is 1. The number of pyridine rings is 1. The molecule has 1 aliphatic heterocycles. The van der Waals surface area contributed by atoms with Gasteiger partial charge in [0.2, 0.25) is 5.95 Å². The third-order valence-corrected chi connectivity index (χ3v) is 1.89. The first-order valence-electron chi connectivity index (χ1n) is 4.27. The number of rotatable bonds is 1. The average molecular weight is 213 g/mol. The van der Waals surface area contributed by atoms with E-state index in [1.807, 2.05) is 0 Å². The molecular formula is C9H8FNO4. The Morgan fingerprint density at radius 2 is 2.27 bits per heavy atom. The van der Waals surface area contributed by atoms with Crippen LogP contribution >= 0.6 is 0 Å². The minimum Gasteiger partial charge on any atom is -0.484 e. The van der Waals surface area contributed by atoms with E-state index in [9.17, 15) is 9.18 Å². The third-order valence-electron chi connectivity index (χ3n) is 1.89. The SMILES string of the molecule is COC(=O)c1cc2c(nc1F)OCCO2. The van der Waals surface area contributed by atoms with Gasteiger partial charge >= 0.3 is 5.97 Å². The van der Waals surface area contributed by atoms with Crippen molar-refractivity contribution in [3.05, 3.63) is 17.6 Å². The van der Waals surface area contributed by atoms with Crippen molar-refractivity contribution in [1.29, 1.82) is 0 Å². The van der Waals surface area contributed by atoms with Crippen LogP contribution in [0.4, 0.5) is 4.39 Å². The van der Waals surface area contributed by atoms with Crippen LogP contribution < -0.4 is 9.47 Å². The average Bonchev–Trinajstić information content (AvgIpc) is 2.27. The van der Waals surface area contributed by atoms with E-state index in [0.29, 0.717) is 13.2 Å². The van der Waals surface area contributed by atoms with Gasteiger partial charge in [0.1, 0.15) is 18.8 Å². The van der Waals surface area contributed by atoms with E-state index in [1.54, 1.807) is 0 Å². The van der Waals surface area contributed by atoms with Crippen LogP contribution in [-0.4, -0.2) is 31.3 Å². The van der Waals surface area contributed by atoms with E-state index in [2.05, 4.69) is 9.72 Å². The summed E-state index contributed by atoms with van der Waals surface area (Å²) in [4.78, 5) is 14.6. The number of ether oxygens (including phenoxy) is 3. The van der Waals surface area contributed by atoms with Crippen molar-refractivity contribution in [2.45, 2.75) is 0 Å². The molecule has 5 nitrogen and oxygen atoms in total. The summed E-state index contributed by atoms with van der Waals surface area (Å²) in [6, 6.07) is 1.22. The number of halogens is 1. The standard InChI is InChI=1S/C9H8FNO4/c1-13-9(12)5-4-6-8(11-7(5)10)15-3-2-14-6/h4H,2-3H2,1H3. The van der Waals surface area contributed by atoms with Crippen molar-refractivity contribution in [3.8, 4) is 11.6 Å². The molecule has 0 aromatic carbocycles. The van der Waals surface area contributed by atoms with Gasteiger partial charge in [-0.2, -0.15) is 9.37 Å². The van der Waals surface area contributed by atoms with Crippen molar-refractivity contribution in [1.82, 2.24) is 4.98 Å². The van der Waals surface area contributed by atoms with E-state index in [-0.39, 0.29) is 17.2 Å². The Morgan fingerprint density at radius 3 is 3.00 bits per heavy atom. The number of aromatic nitrogens is 1. The highest BCUT2D eigenvalue weighted by atomic mass is 19.1. The van der Waals surface area contributed by atoms with E-state index in [0.717, 1.165) is 0 Å². The van der Waals surface area contributed by atoms with Crippen molar-refractivity contribution >= 4 is 5.97 Å². The zero-order chi connectivity index (χ0) is 10.8. The van der Waals surface area contributed by atoms with Gasteiger partial charge in [-0.05, 0) is 0 Å². The summed E-state index contributed by atoms with van der Waals surface area (Å²) in [5, 5.41) is 0. The van der Waals surface area contributed by atoms with Crippen LogP contribution in [0.1, 0.15) is 10.4 Å². The fraction of sp³-hybridized carbons (Fsp3) is 0.333. The summed E-state index contributed by atoms with van der Waals surface area (Å²) in [6.07, 6.45) is 0. The normalized spacial score (nSPS) is 13.5. The minimum atomic E-state index is -0.925. The van der Waals surface area contributed by atoms with Gasteiger partial charge in [-0.1, -0.05) is 0 Å². The Hall–Kier alpha value is -1.85. The van der Waals surface area contributed by atoms with Gasteiger partial charge < -0.3 is 14.2 Å². The Balaban J connectivity index is 2.44. The molecule has 0 spiro atoms. The summed E-state index contributed by atoms with van der Waals surface area (Å²) in [5.41, 5.74) is -0.262. The maximum Gasteiger partial charge on any atom is 0.342 e. The largest absolute Gasteiger partial charge is 0.484 e. The molecule has 1 aromatic heterocycles. The van der Waals surface area contributed by atoms with Crippen molar-refractivity contribution in [3.63, 3.8) is 0 Å². The zero-order valence-corrected chi connectivity index (χ0v) is 7.95. The Labute approximate surface area is 84.8 Å². The minimum absolute atomic E-state index is 0.0615. The monoisotopic (exact) mass is 213 g/mol. The molecule has 0 radical (unpaired) electrons. The fourth-order valence-corrected chi connectivity index (χ4v) is 1.21. The van der Waals surface area contributed by atoms with E-state index >= 15 is 0 Å². The van der Waals surface area contributed by atoms with Gasteiger partial charge in [-0.15, -0.1) is 0 Å². The zero-order valence-electron chi connectivity index (χ0n) is 7.95. The molecule has 0 saturated carbocycles. The number of hydrogen-bond acceptors (Lipinski definition) is 5. The summed E-state index contributed by atoms with van der Waals surface area (Å²) in [7, 11) is 1.17. The summed E-state index contributed by atoms with van der Waals surface area (Å²) >= 11 is 0. The van der Waals surface area contributed by atoms with E-state index in [1.165, 1.54) is 13.2 Å². The molecule has 2 rings (SSSR count). The van der Waals surface area contributed by atoms with E-state index < -0.39 is 11.9 Å². The predicted molar refractivity (Wildman–Crippen MR) is 46.5 cm³/mol. The second kappa shape index (κ2) is 3.72. The highest BCUT2D eigenvalue weighted by Gasteiger charge is 2.21. The lowest BCUT2D eigenvalue weighted by Crippen LogP contribution is -2.18. The molecule has 0 N–H and O–H groups in total. The Bertz CT molecular complexity index is 407. The van der Waals surface area contributed by atoms with Crippen molar-refractivity contribution < 1.29 is 23.4 Å². The summed E-state index contributed by atoms with van der Waals surface area (Å²) in [5.74, 6) is -1.41. The lowest BCUT2D eigenvalue weighted by molar-refractivity contribution is 0.0592. The molecule has 1 aliphatic rings. The van der Waals surface area contributed by atoms with E-state index in [4.69, 9.17) is 9.47 Å².